The molecule has 0 fully saturated rings. The Bertz CT molecular complexity index is 1520. The lowest BCUT2D eigenvalue weighted by atomic mass is 9.76. The van der Waals surface area contributed by atoms with E-state index in [0.29, 0.717) is 44.0 Å². The molecule has 0 saturated carbocycles. The summed E-state index contributed by atoms with van der Waals surface area (Å²) in [6, 6.07) is 31.1. The summed E-state index contributed by atoms with van der Waals surface area (Å²) in [6.07, 6.45) is 9.52. The first-order valence-electron chi connectivity index (χ1n) is 16.8. The van der Waals surface area contributed by atoms with Gasteiger partial charge in [0.25, 0.3) is 0 Å². The molecule has 6 rings (SSSR count). The highest BCUT2D eigenvalue weighted by molar-refractivity contribution is 6.42. The third-order valence-corrected chi connectivity index (χ3v) is 11.9. The van der Waals surface area contributed by atoms with Crippen molar-refractivity contribution >= 4 is 46.4 Å². The van der Waals surface area contributed by atoms with E-state index in [-0.39, 0.29) is 0 Å². The Morgan fingerprint density at radius 3 is 1.26 bits per heavy atom. The standard InChI is InChI=1S/C40H44Cl4N2/c1-45(39-21-17-29(31-11-5-7-13-33(31)39)27-15-19-35(41)37(43)25-27)23-9-3-4-10-24-46(2)40-22-18-30(32-12-6-8-14-34(32)40)28-16-20-36(42)38(44)26-28/h5-8,11-16,19-20,25-26,29-30,39-40H,3-4,9-10,17-18,21-24H2,1-2H3. The molecule has 0 amide bonds. The van der Waals surface area contributed by atoms with Gasteiger partial charge in [-0.2, -0.15) is 0 Å². The van der Waals surface area contributed by atoms with Crippen LogP contribution in [0.4, 0.5) is 0 Å². The molecule has 4 unspecified atom stereocenters. The first kappa shape index (κ1) is 33.8. The van der Waals surface area contributed by atoms with E-state index in [9.17, 15) is 0 Å². The predicted molar refractivity (Wildman–Crippen MR) is 197 cm³/mol. The minimum atomic E-state index is 0.366. The van der Waals surface area contributed by atoms with E-state index >= 15 is 0 Å². The summed E-state index contributed by atoms with van der Waals surface area (Å²) in [5.41, 5.74) is 8.30. The van der Waals surface area contributed by atoms with Gasteiger partial charge in [0.05, 0.1) is 20.1 Å². The van der Waals surface area contributed by atoms with Crippen LogP contribution in [0.2, 0.25) is 20.1 Å². The Kier molecular flexibility index (Phi) is 11.4. The van der Waals surface area contributed by atoms with Gasteiger partial charge in [-0.05, 0) is 123 Å². The minimum Gasteiger partial charge on any atom is -0.299 e. The Balaban J connectivity index is 0.987. The third kappa shape index (κ3) is 7.49. The SMILES string of the molecule is CN(CCCCCCN(C)C1CCC(c2ccc(Cl)c(Cl)c2)c2ccccc21)C1CCC(c2ccc(Cl)c(Cl)c2)c2ccccc21. The number of unbranched alkanes of at least 4 members (excludes halogenated alkanes) is 3. The highest BCUT2D eigenvalue weighted by Crippen LogP contribution is 2.45. The zero-order valence-electron chi connectivity index (χ0n) is 26.9. The highest BCUT2D eigenvalue weighted by Gasteiger charge is 2.31. The van der Waals surface area contributed by atoms with Crippen molar-refractivity contribution in [3.8, 4) is 0 Å². The van der Waals surface area contributed by atoms with Crippen molar-refractivity contribution < 1.29 is 0 Å². The van der Waals surface area contributed by atoms with E-state index < -0.39 is 0 Å². The van der Waals surface area contributed by atoms with Crippen LogP contribution < -0.4 is 0 Å². The third-order valence-electron chi connectivity index (χ3n) is 10.4. The summed E-state index contributed by atoms with van der Waals surface area (Å²) in [4.78, 5) is 5.17. The summed E-state index contributed by atoms with van der Waals surface area (Å²) < 4.78 is 0. The molecule has 0 saturated heterocycles. The lowest BCUT2D eigenvalue weighted by molar-refractivity contribution is 0.205. The van der Waals surface area contributed by atoms with Crippen LogP contribution in [-0.2, 0) is 0 Å². The smallest absolute Gasteiger partial charge is 0.0595 e. The fourth-order valence-corrected chi connectivity index (χ4v) is 8.60. The molecule has 4 aromatic rings. The molecule has 46 heavy (non-hydrogen) atoms. The first-order chi connectivity index (χ1) is 22.3. The van der Waals surface area contributed by atoms with E-state index in [4.69, 9.17) is 46.4 Å². The molecule has 2 aliphatic rings. The van der Waals surface area contributed by atoms with Gasteiger partial charge in [0.2, 0.25) is 0 Å². The van der Waals surface area contributed by atoms with E-state index in [0.717, 1.165) is 38.8 Å². The average Bonchev–Trinajstić information content (AvgIpc) is 3.07. The van der Waals surface area contributed by atoms with Crippen molar-refractivity contribution in [2.45, 2.75) is 75.3 Å². The van der Waals surface area contributed by atoms with Gasteiger partial charge in [-0.3, -0.25) is 9.80 Å². The van der Waals surface area contributed by atoms with Crippen molar-refractivity contribution in [2.75, 3.05) is 27.2 Å². The zero-order chi connectivity index (χ0) is 32.2. The van der Waals surface area contributed by atoms with Gasteiger partial charge in [0.15, 0.2) is 0 Å². The maximum Gasteiger partial charge on any atom is 0.0595 e. The number of benzene rings is 4. The minimum absolute atomic E-state index is 0.366. The molecule has 242 valence electrons. The van der Waals surface area contributed by atoms with Crippen LogP contribution in [0.5, 0.6) is 0 Å². The van der Waals surface area contributed by atoms with Crippen molar-refractivity contribution in [3.63, 3.8) is 0 Å². The zero-order valence-corrected chi connectivity index (χ0v) is 29.9. The van der Waals surface area contributed by atoms with Gasteiger partial charge >= 0.3 is 0 Å². The second-order valence-electron chi connectivity index (χ2n) is 13.3. The quantitative estimate of drug-likeness (QED) is 0.144. The Morgan fingerprint density at radius 2 is 0.870 bits per heavy atom. The largest absolute Gasteiger partial charge is 0.299 e. The summed E-state index contributed by atoms with van der Waals surface area (Å²) >= 11 is 25.2. The second kappa shape index (κ2) is 15.5. The normalized spacial score (nSPS) is 21.0. The van der Waals surface area contributed by atoms with Crippen LogP contribution in [0.15, 0.2) is 84.9 Å². The van der Waals surface area contributed by atoms with Gasteiger partial charge in [-0.15, -0.1) is 0 Å². The van der Waals surface area contributed by atoms with Crippen LogP contribution in [0, 0.1) is 0 Å². The van der Waals surface area contributed by atoms with E-state index in [2.05, 4.69) is 84.6 Å². The van der Waals surface area contributed by atoms with E-state index in [1.165, 1.54) is 59.1 Å². The lowest BCUT2D eigenvalue weighted by Crippen LogP contribution is -2.30. The van der Waals surface area contributed by atoms with Gasteiger partial charge in [-0.25, -0.2) is 0 Å². The molecular weight excluding hydrogens is 650 g/mol. The fourth-order valence-electron chi connectivity index (χ4n) is 7.99. The first-order valence-corrected chi connectivity index (χ1v) is 18.3. The number of halogens is 4. The summed E-state index contributed by atoms with van der Waals surface area (Å²) in [7, 11) is 4.61. The number of hydrogen-bond acceptors (Lipinski definition) is 2. The van der Waals surface area contributed by atoms with Crippen LogP contribution in [-0.4, -0.2) is 37.0 Å². The highest BCUT2D eigenvalue weighted by atomic mass is 35.5. The number of nitrogens with zero attached hydrogens (tertiary/aromatic N) is 2. The number of rotatable bonds is 11. The second-order valence-corrected chi connectivity index (χ2v) is 14.9. The molecule has 4 atom stereocenters. The molecule has 2 aliphatic carbocycles. The van der Waals surface area contributed by atoms with Crippen molar-refractivity contribution in [3.05, 3.63) is 138 Å². The molecule has 0 heterocycles. The van der Waals surface area contributed by atoms with Gasteiger partial charge in [-0.1, -0.05) is 120 Å². The molecule has 0 spiro atoms. The van der Waals surface area contributed by atoms with Crippen LogP contribution in [0.3, 0.4) is 0 Å². The predicted octanol–water partition coefficient (Wildman–Crippen LogP) is 12.4. The van der Waals surface area contributed by atoms with E-state index in [1.54, 1.807) is 0 Å². The monoisotopic (exact) mass is 692 g/mol. The Labute approximate surface area is 295 Å². The number of fused-ring (bicyclic) bond motifs is 2. The van der Waals surface area contributed by atoms with Crippen molar-refractivity contribution in [2.24, 2.45) is 0 Å². The maximum atomic E-state index is 6.39. The topological polar surface area (TPSA) is 6.48 Å². The molecule has 0 aromatic heterocycles. The molecule has 0 aliphatic heterocycles. The summed E-state index contributed by atoms with van der Waals surface area (Å²) in [6.45, 7) is 2.25. The number of hydrogen-bond donors (Lipinski definition) is 0. The van der Waals surface area contributed by atoms with Crippen molar-refractivity contribution in [1.82, 2.24) is 9.80 Å². The molecule has 0 radical (unpaired) electrons. The van der Waals surface area contributed by atoms with Gasteiger partial charge < -0.3 is 0 Å². The average molecular weight is 695 g/mol. The van der Waals surface area contributed by atoms with Crippen LogP contribution >= 0.6 is 46.4 Å². The molecule has 6 heteroatoms. The summed E-state index contributed by atoms with van der Waals surface area (Å²) in [5.74, 6) is 0.733. The fraction of sp³-hybridized carbons (Fsp3) is 0.400. The Hall–Kier alpha value is -2.04. The molecule has 2 nitrogen and oxygen atoms in total. The van der Waals surface area contributed by atoms with Gasteiger partial charge in [0, 0.05) is 23.9 Å². The van der Waals surface area contributed by atoms with Gasteiger partial charge in [0.1, 0.15) is 0 Å². The molecule has 4 aromatic carbocycles. The summed E-state index contributed by atoms with van der Waals surface area (Å²) in [5, 5.41) is 2.51. The van der Waals surface area contributed by atoms with Crippen molar-refractivity contribution in [1.29, 1.82) is 0 Å². The molecule has 0 N–H and O–H groups in total. The lowest BCUT2D eigenvalue weighted by Gasteiger charge is -2.37. The molecular formula is C40H44Cl4N2. The van der Waals surface area contributed by atoms with Crippen LogP contribution in [0.1, 0.15) is 109 Å². The maximum absolute atomic E-state index is 6.39. The van der Waals surface area contributed by atoms with E-state index in [1.807, 2.05) is 24.3 Å². The Morgan fingerprint density at radius 1 is 0.478 bits per heavy atom. The van der Waals surface area contributed by atoms with Crippen LogP contribution in [0.25, 0.3) is 0 Å². The molecule has 0 bridgehead atoms.